The van der Waals surface area contributed by atoms with E-state index >= 15 is 0 Å². The van der Waals surface area contributed by atoms with Crippen LogP contribution in [0.25, 0.3) is 0 Å². The molecule has 0 amide bonds. The summed E-state index contributed by atoms with van der Waals surface area (Å²) in [7, 11) is 0. The van der Waals surface area contributed by atoms with Crippen LogP contribution in [0.15, 0.2) is 42.5 Å². The first-order valence-electron chi connectivity index (χ1n) is 9.30. The lowest BCUT2D eigenvalue weighted by molar-refractivity contribution is -0.0588. The third-order valence-electron chi connectivity index (χ3n) is 5.70. The number of aromatic hydroxyl groups is 1. The van der Waals surface area contributed by atoms with Crippen molar-refractivity contribution in [1.82, 2.24) is 4.90 Å². The zero-order valence-corrected chi connectivity index (χ0v) is 15.8. The number of aliphatic hydroxyl groups is 2. The van der Waals surface area contributed by atoms with Gasteiger partial charge in [0.15, 0.2) is 0 Å². The predicted octanol–water partition coefficient (Wildman–Crippen LogP) is 3.43. The van der Waals surface area contributed by atoms with Gasteiger partial charge in [-0.05, 0) is 48.7 Å². The number of phenols is 1. The molecule has 5 nitrogen and oxygen atoms in total. The number of halogens is 1. The Balaban J connectivity index is 1.39. The Bertz CT molecular complexity index is 802. The average Bonchev–Trinajstić information content (AvgIpc) is 2.65. The van der Waals surface area contributed by atoms with Gasteiger partial charge in [0.2, 0.25) is 0 Å². The molecule has 0 saturated carbocycles. The number of aliphatic hydroxyl groups excluding tert-OH is 2. The second-order valence-electron chi connectivity index (χ2n) is 7.60. The summed E-state index contributed by atoms with van der Waals surface area (Å²) in [6, 6.07) is 12.2. The zero-order chi connectivity index (χ0) is 19.0. The molecule has 3 N–H and O–H groups in total. The van der Waals surface area contributed by atoms with E-state index in [1.807, 2.05) is 12.1 Å². The molecule has 0 aliphatic carbocycles. The van der Waals surface area contributed by atoms with Gasteiger partial charge >= 0.3 is 0 Å². The molecule has 0 radical (unpaired) electrons. The first kappa shape index (κ1) is 18.6. The van der Waals surface area contributed by atoms with Crippen molar-refractivity contribution < 1.29 is 20.1 Å². The zero-order valence-electron chi connectivity index (χ0n) is 15.0. The molecule has 2 aromatic carbocycles. The van der Waals surface area contributed by atoms with Crippen LogP contribution in [0.5, 0.6) is 11.5 Å². The quantitative estimate of drug-likeness (QED) is 0.750. The summed E-state index contributed by atoms with van der Waals surface area (Å²) in [5.74, 6) is 0.791. The Kier molecular flexibility index (Phi) is 5.03. The molecule has 1 fully saturated rings. The smallest absolute Gasteiger partial charge is 0.126 e. The number of nitrogens with zero attached hydrogens (tertiary/aromatic N) is 1. The Morgan fingerprint density at radius 3 is 2.56 bits per heavy atom. The number of fused-ring (bicyclic) bond motifs is 1. The number of rotatable bonds is 3. The molecule has 4 rings (SSSR count). The van der Waals surface area contributed by atoms with E-state index in [1.165, 1.54) is 0 Å². The lowest BCUT2D eigenvalue weighted by atomic mass is 9.81. The number of piperidine rings is 1. The van der Waals surface area contributed by atoms with E-state index in [1.54, 1.807) is 30.3 Å². The van der Waals surface area contributed by atoms with Crippen LogP contribution >= 0.6 is 11.6 Å². The van der Waals surface area contributed by atoms with Crippen LogP contribution in [-0.2, 0) is 0 Å². The highest BCUT2D eigenvalue weighted by molar-refractivity contribution is 6.30. The topological polar surface area (TPSA) is 73.2 Å². The fourth-order valence-corrected chi connectivity index (χ4v) is 4.24. The van der Waals surface area contributed by atoms with Crippen LogP contribution in [0.2, 0.25) is 5.02 Å². The molecule has 144 valence electrons. The molecule has 0 bridgehead atoms. The van der Waals surface area contributed by atoms with Gasteiger partial charge in [0.1, 0.15) is 17.1 Å². The van der Waals surface area contributed by atoms with Gasteiger partial charge in [-0.25, -0.2) is 0 Å². The summed E-state index contributed by atoms with van der Waals surface area (Å²) >= 11 is 5.91. The first-order chi connectivity index (χ1) is 12.9. The average molecular weight is 390 g/mol. The largest absolute Gasteiger partial charge is 0.508 e. The molecule has 2 atom stereocenters. The summed E-state index contributed by atoms with van der Waals surface area (Å²) < 4.78 is 6.26. The highest BCUT2D eigenvalue weighted by atomic mass is 35.5. The van der Waals surface area contributed by atoms with Crippen LogP contribution in [0.4, 0.5) is 0 Å². The summed E-state index contributed by atoms with van der Waals surface area (Å²) in [4.78, 5) is 2.23. The third-order valence-corrected chi connectivity index (χ3v) is 5.95. The van der Waals surface area contributed by atoms with Gasteiger partial charge in [-0.15, -0.1) is 0 Å². The SMILES string of the molecule is Oc1ccc2c(c1)[C@@H](O)CC1(CCN(C[C@@H](O)c3ccc(Cl)cc3)CC1)O2. The fourth-order valence-electron chi connectivity index (χ4n) is 4.11. The molecule has 2 heterocycles. The van der Waals surface area contributed by atoms with Gasteiger partial charge in [-0.3, -0.25) is 0 Å². The highest BCUT2D eigenvalue weighted by Crippen LogP contribution is 2.45. The van der Waals surface area contributed by atoms with Crippen molar-refractivity contribution in [1.29, 1.82) is 0 Å². The van der Waals surface area contributed by atoms with Crippen molar-refractivity contribution >= 4 is 11.6 Å². The Labute approximate surface area is 163 Å². The number of ether oxygens (including phenoxy) is 1. The minimum absolute atomic E-state index is 0.137. The highest BCUT2D eigenvalue weighted by Gasteiger charge is 2.43. The maximum absolute atomic E-state index is 10.5. The van der Waals surface area contributed by atoms with Gasteiger partial charge < -0.3 is 25.0 Å². The van der Waals surface area contributed by atoms with E-state index < -0.39 is 12.2 Å². The van der Waals surface area contributed by atoms with Crippen molar-refractivity contribution in [2.75, 3.05) is 19.6 Å². The van der Waals surface area contributed by atoms with Gasteiger partial charge in [-0.1, -0.05) is 23.7 Å². The number of phenolic OH excluding ortho intramolecular Hbond substituents is 1. The second-order valence-corrected chi connectivity index (χ2v) is 8.03. The molecule has 0 unspecified atom stereocenters. The predicted molar refractivity (Wildman–Crippen MR) is 103 cm³/mol. The Morgan fingerprint density at radius 2 is 1.85 bits per heavy atom. The summed E-state index contributed by atoms with van der Waals surface area (Å²) in [5.41, 5.74) is 1.13. The number of hydrogen-bond donors (Lipinski definition) is 3. The van der Waals surface area contributed by atoms with E-state index in [0.717, 1.165) is 31.5 Å². The van der Waals surface area contributed by atoms with Crippen LogP contribution in [0, 0.1) is 0 Å². The second kappa shape index (κ2) is 7.32. The minimum Gasteiger partial charge on any atom is -0.508 e. The number of hydrogen-bond acceptors (Lipinski definition) is 5. The fraction of sp³-hybridized carbons (Fsp3) is 0.429. The molecule has 6 heteroatoms. The van der Waals surface area contributed by atoms with Crippen LogP contribution < -0.4 is 4.74 Å². The van der Waals surface area contributed by atoms with Crippen molar-refractivity contribution in [3.8, 4) is 11.5 Å². The Morgan fingerprint density at radius 1 is 1.15 bits per heavy atom. The maximum atomic E-state index is 10.5. The standard InChI is InChI=1S/C21H24ClNO4/c22-15-3-1-14(2-4-15)19(26)13-23-9-7-21(8-10-23)12-18(25)17-11-16(24)5-6-20(17)27-21/h1-6,11,18-19,24-26H,7-10,12-13H2/t18-,19+/m0/s1. The van der Waals surface area contributed by atoms with Gasteiger partial charge in [0.05, 0.1) is 12.2 Å². The first-order valence-corrected chi connectivity index (χ1v) is 9.68. The number of likely N-dealkylation sites (tertiary alicyclic amines) is 1. The number of benzene rings is 2. The molecule has 2 aliphatic rings. The molecular weight excluding hydrogens is 366 g/mol. The van der Waals surface area contributed by atoms with Crippen LogP contribution in [0.1, 0.15) is 42.6 Å². The molecule has 2 aromatic rings. The van der Waals surface area contributed by atoms with Crippen molar-refractivity contribution in [3.05, 3.63) is 58.6 Å². The van der Waals surface area contributed by atoms with Crippen molar-refractivity contribution in [2.45, 2.75) is 37.1 Å². The van der Waals surface area contributed by atoms with Gasteiger partial charge in [0.25, 0.3) is 0 Å². The number of β-amino-alcohol motifs (C(OH)–C–C–N with tert-alkyl or cyclic N) is 1. The van der Waals surface area contributed by atoms with Crippen LogP contribution in [0.3, 0.4) is 0 Å². The lowest BCUT2D eigenvalue weighted by Crippen LogP contribution is -2.51. The van der Waals surface area contributed by atoms with Crippen molar-refractivity contribution in [2.24, 2.45) is 0 Å². The molecule has 0 aromatic heterocycles. The summed E-state index contributed by atoms with van der Waals surface area (Å²) in [6.07, 6.45) is 0.914. The monoisotopic (exact) mass is 389 g/mol. The summed E-state index contributed by atoms with van der Waals surface area (Å²) in [6.45, 7) is 2.15. The van der Waals surface area contributed by atoms with Gasteiger partial charge in [0, 0.05) is 36.6 Å². The molecule has 2 aliphatic heterocycles. The molecule has 1 spiro atoms. The van der Waals surface area contributed by atoms with Crippen molar-refractivity contribution in [3.63, 3.8) is 0 Å². The molecular formula is C21H24ClNO4. The lowest BCUT2D eigenvalue weighted by Gasteiger charge is -2.46. The van der Waals surface area contributed by atoms with E-state index in [-0.39, 0.29) is 11.4 Å². The van der Waals surface area contributed by atoms with Gasteiger partial charge in [-0.2, -0.15) is 0 Å². The Hall–Kier alpha value is -1.79. The summed E-state index contributed by atoms with van der Waals surface area (Å²) in [5, 5.41) is 31.3. The normalized spacial score (nSPS) is 22.9. The van der Waals surface area contributed by atoms with E-state index in [4.69, 9.17) is 16.3 Å². The van der Waals surface area contributed by atoms with E-state index in [9.17, 15) is 15.3 Å². The minimum atomic E-state index is -0.632. The third kappa shape index (κ3) is 3.92. The maximum Gasteiger partial charge on any atom is 0.126 e. The molecule has 1 saturated heterocycles. The van der Waals surface area contributed by atoms with E-state index in [0.29, 0.717) is 29.3 Å². The van der Waals surface area contributed by atoms with Crippen LogP contribution in [-0.4, -0.2) is 45.5 Å². The van der Waals surface area contributed by atoms with E-state index in [2.05, 4.69) is 4.90 Å². The molecule has 27 heavy (non-hydrogen) atoms.